The van der Waals surface area contributed by atoms with Gasteiger partial charge in [0.15, 0.2) is 0 Å². The van der Waals surface area contributed by atoms with E-state index < -0.39 is 6.10 Å². The summed E-state index contributed by atoms with van der Waals surface area (Å²) >= 11 is 0. The Labute approximate surface area is 125 Å². The number of aliphatic hydroxyl groups is 1. The maximum absolute atomic E-state index is 10.0. The molecule has 4 N–H and O–H groups in total. The van der Waals surface area contributed by atoms with Gasteiger partial charge in [0.05, 0.1) is 12.5 Å². The van der Waals surface area contributed by atoms with Crippen LogP contribution in [0.1, 0.15) is 19.7 Å². The lowest BCUT2D eigenvalue weighted by Gasteiger charge is -2.20. The van der Waals surface area contributed by atoms with Crippen LogP contribution in [0.15, 0.2) is 34.9 Å². The Kier molecular flexibility index (Phi) is 7.01. The highest BCUT2D eigenvalue weighted by Crippen LogP contribution is 2.15. The van der Waals surface area contributed by atoms with Gasteiger partial charge >= 0.3 is 0 Å². The number of aromatic nitrogens is 2. The first-order valence-corrected chi connectivity index (χ1v) is 7.01. The summed E-state index contributed by atoms with van der Waals surface area (Å²) in [5, 5.41) is 14.0. The van der Waals surface area contributed by atoms with Crippen LogP contribution >= 0.6 is 0 Å². The Balaban J connectivity index is 0.00000220. The third kappa shape index (κ3) is 4.93. The normalized spacial score (nSPS) is 12.2. The van der Waals surface area contributed by atoms with Gasteiger partial charge in [-0.3, -0.25) is 0 Å². The molecule has 6 heteroatoms. The first kappa shape index (κ1) is 17.3. The number of likely N-dealkylation sites (N-methyl/N-ethyl adjacent to an activating group) is 1. The van der Waals surface area contributed by atoms with Gasteiger partial charge in [0, 0.05) is 12.1 Å². The Hall–Kier alpha value is -1.76. The van der Waals surface area contributed by atoms with Crippen molar-refractivity contribution in [2.45, 2.75) is 26.4 Å². The van der Waals surface area contributed by atoms with Gasteiger partial charge < -0.3 is 20.7 Å². The maximum atomic E-state index is 10.0. The molecule has 0 spiro atoms. The fourth-order valence-corrected chi connectivity index (χ4v) is 2.09. The van der Waals surface area contributed by atoms with Crippen LogP contribution in [-0.2, 0) is 6.42 Å². The predicted molar refractivity (Wildman–Crippen MR) is 82.3 cm³/mol. The largest absolute Gasteiger partial charge is 0.391 e. The summed E-state index contributed by atoms with van der Waals surface area (Å²) in [5.74, 6) is 1.04. The summed E-state index contributed by atoms with van der Waals surface area (Å²) in [6, 6.07) is 9.67. The molecule has 0 aliphatic rings. The molecule has 0 aliphatic heterocycles. The summed E-state index contributed by atoms with van der Waals surface area (Å²) < 4.78 is 5.20. The fraction of sp³-hybridized carbons (Fsp3) is 0.467. The molecule has 2 aromatic rings. The van der Waals surface area contributed by atoms with E-state index in [2.05, 4.69) is 28.9 Å². The van der Waals surface area contributed by atoms with Gasteiger partial charge in [-0.1, -0.05) is 49.3 Å². The van der Waals surface area contributed by atoms with E-state index in [1.54, 1.807) is 0 Å². The SMILES string of the molecule is CCN(CC)CC(O)Cc1nc(-c2ccccc2)no1.N. The molecular weight excluding hydrogens is 268 g/mol. The molecule has 1 aromatic heterocycles. The summed E-state index contributed by atoms with van der Waals surface area (Å²) in [6.07, 6.45) is -0.102. The topological polar surface area (TPSA) is 97.4 Å². The van der Waals surface area contributed by atoms with Crippen molar-refractivity contribution in [2.75, 3.05) is 19.6 Å². The smallest absolute Gasteiger partial charge is 0.229 e. The molecule has 0 radical (unpaired) electrons. The van der Waals surface area contributed by atoms with E-state index in [-0.39, 0.29) is 6.15 Å². The van der Waals surface area contributed by atoms with Crippen molar-refractivity contribution in [1.29, 1.82) is 0 Å². The highest BCUT2D eigenvalue weighted by atomic mass is 16.5. The number of benzene rings is 1. The average Bonchev–Trinajstić information content (AvgIpc) is 2.94. The zero-order valence-corrected chi connectivity index (χ0v) is 12.7. The predicted octanol–water partition coefficient (Wildman–Crippen LogP) is 2.14. The Morgan fingerprint density at radius 2 is 1.86 bits per heavy atom. The molecule has 1 aromatic carbocycles. The lowest BCUT2D eigenvalue weighted by Crippen LogP contribution is -2.33. The molecule has 2 rings (SSSR count). The molecule has 0 amide bonds. The zero-order valence-electron chi connectivity index (χ0n) is 12.7. The molecule has 0 aliphatic carbocycles. The quantitative estimate of drug-likeness (QED) is 0.811. The molecule has 6 nitrogen and oxygen atoms in total. The number of hydrogen-bond acceptors (Lipinski definition) is 6. The van der Waals surface area contributed by atoms with Crippen LogP contribution in [0.25, 0.3) is 11.4 Å². The van der Waals surface area contributed by atoms with Gasteiger partial charge in [-0.2, -0.15) is 4.98 Å². The lowest BCUT2D eigenvalue weighted by molar-refractivity contribution is 0.110. The molecule has 1 heterocycles. The third-order valence-electron chi connectivity index (χ3n) is 3.27. The molecule has 0 bridgehead atoms. The standard InChI is InChI=1S/C15H21N3O2.H3N/c1-3-18(4-2)11-13(19)10-14-16-15(17-20-14)12-8-6-5-7-9-12;/h5-9,13,19H,3-4,10-11H2,1-2H3;1H3. The Bertz CT molecular complexity index is 511. The summed E-state index contributed by atoms with van der Waals surface area (Å²) in [4.78, 5) is 6.49. The molecule has 0 saturated heterocycles. The van der Waals surface area contributed by atoms with Crippen molar-refractivity contribution in [3.63, 3.8) is 0 Å². The first-order valence-electron chi connectivity index (χ1n) is 7.01. The van der Waals surface area contributed by atoms with Gasteiger partial charge in [-0.05, 0) is 13.1 Å². The lowest BCUT2D eigenvalue weighted by atomic mass is 10.2. The van der Waals surface area contributed by atoms with Gasteiger partial charge in [-0.25, -0.2) is 0 Å². The Morgan fingerprint density at radius 1 is 1.19 bits per heavy atom. The highest BCUT2D eigenvalue weighted by molar-refractivity contribution is 5.53. The third-order valence-corrected chi connectivity index (χ3v) is 3.27. The van der Waals surface area contributed by atoms with E-state index in [0.29, 0.717) is 24.7 Å². The molecule has 1 unspecified atom stereocenters. The molecule has 1 atom stereocenters. The summed E-state index contributed by atoms with van der Waals surface area (Å²) in [5.41, 5.74) is 0.917. The minimum absolute atomic E-state index is 0. The van der Waals surface area contributed by atoms with Crippen molar-refractivity contribution < 1.29 is 9.63 Å². The fourth-order valence-electron chi connectivity index (χ4n) is 2.09. The van der Waals surface area contributed by atoms with Crippen LogP contribution in [0.2, 0.25) is 0 Å². The van der Waals surface area contributed by atoms with Crippen molar-refractivity contribution in [3.8, 4) is 11.4 Å². The van der Waals surface area contributed by atoms with E-state index in [1.807, 2.05) is 30.3 Å². The molecule has 21 heavy (non-hydrogen) atoms. The van der Waals surface area contributed by atoms with Gasteiger partial charge in [0.2, 0.25) is 11.7 Å². The number of aliphatic hydroxyl groups excluding tert-OH is 1. The molecule has 0 saturated carbocycles. The van der Waals surface area contributed by atoms with Crippen molar-refractivity contribution in [1.82, 2.24) is 21.2 Å². The maximum Gasteiger partial charge on any atom is 0.229 e. The van der Waals surface area contributed by atoms with Crippen LogP contribution in [0.5, 0.6) is 0 Å². The second-order valence-corrected chi connectivity index (χ2v) is 4.72. The monoisotopic (exact) mass is 292 g/mol. The zero-order chi connectivity index (χ0) is 14.4. The van der Waals surface area contributed by atoms with E-state index in [0.717, 1.165) is 18.7 Å². The Morgan fingerprint density at radius 3 is 2.48 bits per heavy atom. The van der Waals surface area contributed by atoms with Crippen molar-refractivity contribution in [3.05, 3.63) is 36.2 Å². The number of hydrogen-bond donors (Lipinski definition) is 2. The number of rotatable bonds is 7. The van der Waals surface area contributed by atoms with Crippen LogP contribution in [0.4, 0.5) is 0 Å². The van der Waals surface area contributed by atoms with Gasteiger partial charge in [0.1, 0.15) is 0 Å². The molecular formula is C15H24N4O2. The average molecular weight is 292 g/mol. The van der Waals surface area contributed by atoms with Crippen LogP contribution in [-0.4, -0.2) is 45.9 Å². The van der Waals surface area contributed by atoms with Crippen molar-refractivity contribution >= 4 is 0 Å². The van der Waals surface area contributed by atoms with Crippen molar-refractivity contribution in [2.24, 2.45) is 0 Å². The highest BCUT2D eigenvalue weighted by Gasteiger charge is 2.15. The minimum Gasteiger partial charge on any atom is -0.391 e. The van der Waals surface area contributed by atoms with Crippen LogP contribution in [0, 0.1) is 0 Å². The van der Waals surface area contributed by atoms with E-state index in [4.69, 9.17) is 4.52 Å². The summed E-state index contributed by atoms with van der Waals surface area (Å²) in [6.45, 7) is 6.63. The van der Waals surface area contributed by atoms with Crippen LogP contribution in [0.3, 0.4) is 0 Å². The summed E-state index contributed by atoms with van der Waals surface area (Å²) in [7, 11) is 0. The van der Waals surface area contributed by atoms with Crippen LogP contribution < -0.4 is 6.15 Å². The van der Waals surface area contributed by atoms with Gasteiger partial charge in [0.25, 0.3) is 0 Å². The van der Waals surface area contributed by atoms with E-state index in [1.165, 1.54) is 0 Å². The first-order chi connectivity index (χ1) is 9.72. The van der Waals surface area contributed by atoms with E-state index >= 15 is 0 Å². The van der Waals surface area contributed by atoms with E-state index in [9.17, 15) is 5.11 Å². The number of nitrogens with zero attached hydrogens (tertiary/aromatic N) is 3. The second kappa shape index (κ2) is 8.51. The van der Waals surface area contributed by atoms with Gasteiger partial charge in [-0.15, -0.1) is 0 Å². The molecule has 0 fully saturated rings. The minimum atomic E-state index is -0.487. The molecule has 116 valence electrons. The second-order valence-electron chi connectivity index (χ2n) is 4.72.